The smallest absolute Gasteiger partial charge is 0.243 e. The van der Waals surface area contributed by atoms with Crippen LogP contribution in [0.5, 0.6) is 0 Å². The molecule has 140 valence electrons. The summed E-state index contributed by atoms with van der Waals surface area (Å²) in [6, 6.07) is 7.16. The van der Waals surface area contributed by atoms with Gasteiger partial charge in [0.1, 0.15) is 0 Å². The van der Waals surface area contributed by atoms with Gasteiger partial charge in [-0.05, 0) is 23.6 Å². The highest BCUT2D eigenvalue weighted by atomic mass is 32.2. The number of Topliss-reactive ketones (excluding diaryl/α,β-unsaturated/α-hetero) is 1. The maximum atomic E-state index is 12.8. The van der Waals surface area contributed by atoms with Crippen LogP contribution in [0.4, 0.5) is 0 Å². The first kappa shape index (κ1) is 20.1. The van der Waals surface area contributed by atoms with Gasteiger partial charge in [-0.2, -0.15) is 4.31 Å². The Balaban J connectivity index is 2.00. The summed E-state index contributed by atoms with van der Waals surface area (Å²) in [7, 11) is -3.46. The predicted octanol–water partition coefficient (Wildman–Crippen LogP) is 2.73. The SMILES string of the molecule is CC(C)c1ccc(S(=O)(=O)N2CCN(CC(=O)C(C)(C)C)CC2)cc1. The number of piperazine rings is 1. The molecule has 0 amide bonds. The van der Waals surface area contributed by atoms with Crippen molar-refractivity contribution in [1.29, 1.82) is 0 Å². The Morgan fingerprint density at radius 2 is 1.56 bits per heavy atom. The van der Waals surface area contributed by atoms with Gasteiger partial charge in [0.2, 0.25) is 10.0 Å². The topological polar surface area (TPSA) is 57.7 Å². The molecule has 1 aromatic rings. The minimum absolute atomic E-state index is 0.188. The average Bonchev–Trinajstić information content (AvgIpc) is 2.54. The molecule has 0 atom stereocenters. The second-order valence-corrected chi connectivity index (χ2v) is 10.0. The molecule has 0 aromatic heterocycles. The van der Waals surface area contributed by atoms with E-state index in [9.17, 15) is 13.2 Å². The monoisotopic (exact) mass is 366 g/mol. The minimum Gasteiger partial charge on any atom is -0.298 e. The number of benzene rings is 1. The van der Waals surface area contributed by atoms with Crippen LogP contribution in [-0.4, -0.2) is 56.1 Å². The summed E-state index contributed by atoms with van der Waals surface area (Å²) in [5.41, 5.74) is 0.769. The van der Waals surface area contributed by atoms with Gasteiger partial charge in [-0.1, -0.05) is 46.8 Å². The fourth-order valence-corrected chi connectivity index (χ4v) is 4.16. The van der Waals surface area contributed by atoms with Gasteiger partial charge >= 0.3 is 0 Å². The first-order valence-corrected chi connectivity index (χ1v) is 10.3. The zero-order chi connectivity index (χ0) is 18.8. The van der Waals surface area contributed by atoms with E-state index in [0.717, 1.165) is 5.56 Å². The Labute approximate surface area is 152 Å². The number of carbonyl (C=O) groups excluding carboxylic acids is 1. The molecule has 1 aliphatic rings. The van der Waals surface area contributed by atoms with E-state index < -0.39 is 10.0 Å². The summed E-state index contributed by atoms with van der Waals surface area (Å²) >= 11 is 0. The summed E-state index contributed by atoms with van der Waals surface area (Å²) in [4.78, 5) is 14.5. The van der Waals surface area contributed by atoms with Crippen LogP contribution in [-0.2, 0) is 14.8 Å². The number of nitrogens with zero attached hydrogens (tertiary/aromatic N) is 2. The number of ketones is 1. The fourth-order valence-electron chi connectivity index (χ4n) is 2.74. The van der Waals surface area contributed by atoms with Gasteiger partial charge in [0.15, 0.2) is 5.78 Å². The van der Waals surface area contributed by atoms with E-state index in [0.29, 0.717) is 43.5 Å². The number of rotatable bonds is 5. The molecule has 0 N–H and O–H groups in total. The first-order valence-electron chi connectivity index (χ1n) is 8.87. The number of hydrogen-bond acceptors (Lipinski definition) is 4. The van der Waals surface area contributed by atoms with Crippen molar-refractivity contribution in [3.63, 3.8) is 0 Å². The quantitative estimate of drug-likeness (QED) is 0.804. The van der Waals surface area contributed by atoms with Crippen LogP contribution >= 0.6 is 0 Å². The molecule has 1 fully saturated rings. The molecule has 1 heterocycles. The Hall–Kier alpha value is -1.24. The van der Waals surface area contributed by atoms with Crippen LogP contribution in [0.1, 0.15) is 46.1 Å². The lowest BCUT2D eigenvalue weighted by atomic mass is 9.90. The number of hydrogen-bond donors (Lipinski definition) is 0. The van der Waals surface area contributed by atoms with Gasteiger partial charge < -0.3 is 0 Å². The number of carbonyl (C=O) groups is 1. The molecular formula is C19H30N2O3S. The lowest BCUT2D eigenvalue weighted by Gasteiger charge is -2.34. The highest BCUT2D eigenvalue weighted by molar-refractivity contribution is 7.89. The largest absolute Gasteiger partial charge is 0.298 e. The second kappa shape index (κ2) is 7.56. The molecule has 25 heavy (non-hydrogen) atoms. The summed E-state index contributed by atoms with van der Waals surface area (Å²) in [6.45, 7) is 12.3. The first-order chi connectivity index (χ1) is 11.5. The molecular weight excluding hydrogens is 336 g/mol. The third kappa shape index (κ3) is 4.90. The predicted molar refractivity (Wildman–Crippen MR) is 100 cm³/mol. The van der Waals surface area contributed by atoms with E-state index in [-0.39, 0.29) is 11.2 Å². The van der Waals surface area contributed by atoms with Gasteiger partial charge in [-0.25, -0.2) is 8.42 Å². The maximum Gasteiger partial charge on any atom is 0.243 e. The van der Waals surface area contributed by atoms with Crippen molar-refractivity contribution >= 4 is 15.8 Å². The third-order valence-electron chi connectivity index (χ3n) is 4.72. The van der Waals surface area contributed by atoms with Gasteiger partial charge in [0, 0.05) is 31.6 Å². The van der Waals surface area contributed by atoms with Crippen LogP contribution in [0, 0.1) is 5.41 Å². The van der Waals surface area contributed by atoms with E-state index >= 15 is 0 Å². The molecule has 0 spiro atoms. The van der Waals surface area contributed by atoms with Crippen molar-refractivity contribution in [1.82, 2.24) is 9.21 Å². The Kier molecular flexibility index (Phi) is 6.07. The molecule has 1 saturated heterocycles. The summed E-state index contributed by atoms with van der Waals surface area (Å²) in [6.07, 6.45) is 0. The van der Waals surface area contributed by atoms with E-state index in [4.69, 9.17) is 0 Å². The standard InChI is InChI=1S/C19H30N2O3S/c1-15(2)16-6-8-17(9-7-16)25(23,24)21-12-10-20(11-13-21)14-18(22)19(3,4)5/h6-9,15H,10-14H2,1-5H3. The Bertz CT molecular complexity index is 695. The van der Waals surface area contributed by atoms with E-state index in [1.165, 1.54) is 4.31 Å². The molecule has 0 bridgehead atoms. The van der Waals surface area contributed by atoms with Crippen molar-refractivity contribution in [2.24, 2.45) is 5.41 Å². The van der Waals surface area contributed by atoms with Gasteiger partial charge in [-0.3, -0.25) is 9.69 Å². The Morgan fingerprint density at radius 1 is 1.04 bits per heavy atom. The van der Waals surface area contributed by atoms with Crippen LogP contribution in [0.25, 0.3) is 0 Å². The molecule has 2 rings (SSSR count). The van der Waals surface area contributed by atoms with Gasteiger partial charge in [-0.15, -0.1) is 0 Å². The minimum atomic E-state index is -3.46. The maximum absolute atomic E-state index is 12.8. The van der Waals surface area contributed by atoms with Crippen LogP contribution in [0.3, 0.4) is 0 Å². The van der Waals surface area contributed by atoms with Crippen molar-refractivity contribution in [3.8, 4) is 0 Å². The zero-order valence-corrected chi connectivity index (χ0v) is 16.8. The van der Waals surface area contributed by atoms with Crippen LogP contribution < -0.4 is 0 Å². The van der Waals surface area contributed by atoms with E-state index in [2.05, 4.69) is 13.8 Å². The molecule has 6 heteroatoms. The van der Waals surface area contributed by atoms with E-state index in [1.807, 2.05) is 37.8 Å². The molecule has 5 nitrogen and oxygen atoms in total. The third-order valence-corrected chi connectivity index (χ3v) is 6.63. The lowest BCUT2D eigenvalue weighted by Crippen LogP contribution is -2.50. The summed E-state index contributed by atoms with van der Waals surface area (Å²) < 4.78 is 27.1. The summed E-state index contributed by atoms with van der Waals surface area (Å²) in [5.74, 6) is 0.564. The zero-order valence-electron chi connectivity index (χ0n) is 15.9. The highest BCUT2D eigenvalue weighted by Gasteiger charge is 2.30. The van der Waals surface area contributed by atoms with Gasteiger partial charge in [0.25, 0.3) is 0 Å². The molecule has 0 radical (unpaired) electrons. The fraction of sp³-hybridized carbons (Fsp3) is 0.632. The summed E-state index contributed by atoms with van der Waals surface area (Å²) in [5, 5.41) is 0. The van der Waals surface area contributed by atoms with Gasteiger partial charge in [0.05, 0.1) is 11.4 Å². The van der Waals surface area contributed by atoms with Crippen molar-refractivity contribution < 1.29 is 13.2 Å². The number of sulfonamides is 1. The molecule has 0 aliphatic carbocycles. The molecule has 0 saturated carbocycles. The molecule has 1 aliphatic heterocycles. The second-order valence-electron chi connectivity index (χ2n) is 8.08. The van der Waals surface area contributed by atoms with Crippen LogP contribution in [0.15, 0.2) is 29.2 Å². The normalized spacial score (nSPS) is 17.8. The average molecular weight is 367 g/mol. The van der Waals surface area contributed by atoms with Crippen molar-refractivity contribution in [2.45, 2.75) is 45.4 Å². The van der Waals surface area contributed by atoms with Crippen molar-refractivity contribution in [2.75, 3.05) is 32.7 Å². The Morgan fingerprint density at radius 3 is 2.00 bits per heavy atom. The van der Waals surface area contributed by atoms with E-state index in [1.54, 1.807) is 12.1 Å². The molecule has 0 unspecified atom stereocenters. The highest BCUT2D eigenvalue weighted by Crippen LogP contribution is 2.22. The van der Waals surface area contributed by atoms with Crippen molar-refractivity contribution in [3.05, 3.63) is 29.8 Å². The molecule has 1 aromatic carbocycles. The lowest BCUT2D eigenvalue weighted by molar-refractivity contribution is -0.127. The van der Waals surface area contributed by atoms with Crippen LogP contribution in [0.2, 0.25) is 0 Å².